The standard InChI is InChI=1S/C19H42O8SSi2/c1-17(11-9-13-29(21-3,22-4)23-5)15-28-16-18(2)19(20)27-12-10-14-30(24-6,25-7)26-8/h17-18H,9-16H2,1-8H3. The van der Waals surface area contributed by atoms with Gasteiger partial charge in [0.25, 0.3) is 0 Å². The molecule has 0 radical (unpaired) electrons. The first-order chi connectivity index (χ1) is 14.3. The second kappa shape index (κ2) is 16.6. The maximum absolute atomic E-state index is 12.2. The molecule has 11 heteroatoms. The molecule has 30 heavy (non-hydrogen) atoms. The lowest BCUT2D eigenvalue weighted by Crippen LogP contribution is -2.42. The molecule has 0 aliphatic heterocycles. The first kappa shape index (κ1) is 30.0. The summed E-state index contributed by atoms with van der Waals surface area (Å²) < 4.78 is 37.8. The Bertz CT molecular complexity index is 434. The van der Waals surface area contributed by atoms with Gasteiger partial charge in [0.2, 0.25) is 0 Å². The summed E-state index contributed by atoms with van der Waals surface area (Å²) in [4.78, 5) is 12.2. The molecule has 0 aromatic heterocycles. The topological polar surface area (TPSA) is 81.7 Å². The molecule has 0 aromatic rings. The highest BCUT2D eigenvalue weighted by molar-refractivity contribution is 7.99. The lowest BCUT2D eigenvalue weighted by Gasteiger charge is -2.24. The van der Waals surface area contributed by atoms with E-state index < -0.39 is 17.6 Å². The van der Waals surface area contributed by atoms with E-state index in [9.17, 15) is 4.79 Å². The van der Waals surface area contributed by atoms with E-state index in [1.165, 1.54) is 0 Å². The van der Waals surface area contributed by atoms with Crippen LogP contribution in [0.1, 0.15) is 33.1 Å². The summed E-state index contributed by atoms with van der Waals surface area (Å²) in [5.41, 5.74) is 0. The van der Waals surface area contributed by atoms with E-state index in [1.807, 2.05) is 6.92 Å². The molecule has 2 unspecified atom stereocenters. The molecular formula is C19H42O8SSi2. The second-order valence-electron chi connectivity index (χ2n) is 7.30. The molecule has 0 N–H and O–H groups in total. The van der Waals surface area contributed by atoms with E-state index in [2.05, 4.69) is 6.92 Å². The van der Waals surface area contributed by atoms with Gasteiger partial charge in [-0.15, -0.1) is 0 Å². The SMILES string of the molecule is CO[Si](CCCOC(=O)C(C)CSCC(C)CCC[Si](OC)(OC)OC)(OC)OC. The lowest BCUT2D eigenvalue weighted by atomic mass is 10.1. The summed E-state index contributed by atoms with van der Waals surface area (Å²) in [6.07, 6.45) is 2.72. The van der Waals surface area contributed by atoms with Crippen molar-refractivity contribution in [3.63, 3.8) is 0 Å². The third-order valence-corrected chi connectivity index (χ3v) is 12.3. The van der Waals surface area contributed by atoms with Gasteiger partial charge < -0.3 is 31.3 Å². The van der Waals surface area contributed by atoms with Crippen LogP contribution in [0.3, 0.4) is 0 Å². The maximum Gasteiger partial charge on any atom is 0.500 e. The second-order valence-corrected chi connectivity index (χ2v) is 14.6. The zero-order chi connectivity index (χ0) is 23.0. The molecule has 2 atom stereocenters. The summed E-state index contributed by atoms with van der Waals surface area (Å²) in [6, 6.07) is 1.43. The smallest absolute Gasteiger partial charge is 0.465 e. The molecular weight excluding hydrogens is 444 g/mol. The fourth-order valence-electron chi connectivity index (χ4n) is 2.98. The van der Waals surface area contributed by atoms with Crippen LogP contribution in [-0.2, 0) is 36.1 Å². The van der Waals surface area contributed by atoms with Gasteiger partial charge in [0.1, 0.15) is 0 Å². The molecule has 0 aliphatic carbocycles. The van der Waals surface area contributed by atoms with Crippen LogP contribution in [0.5, 0.6) is 0 Å². The largest absolute Gasteiger partial charge is 0.500 e. The van der Waals surface area contributed by atoms with Gasteiger partial charge in [-0.3, -0.25) is 4.79 Å². The number of carbonyl (C=O) groups is 1. The van der Waals surface area contributed by atoms with Gasteiger partial charge in [0.15, 0.2) is 0 Å². The molecule has 0 spiro atoms. The molecule has 0 rings (SSSR count). The van der Waals surface area contributed by atoms with Crippen molar-refractivity contribution in [1.29, 1.82) is 0 Å². The Morgan fingerprint density at radius 2 is 1.23 bits per heavy atom. The van der Waals surface area contributed by atoms with E-state index in [0.29, 0.717) is 25.0 Å². The average Bonchev–Trinajstić information content (AvgIpc) is 2.77. The van der Waals surface area contributed by atoms with E-state index in [1.54, 1.807) is 54.4 Å². The molecule has 0 saturated heterocycles. The predicted molar refractivity (Wildman–Crippen MR) is 124 cm³/mol. The van der Waals surface area contributed by atoms with Gasteiger partial charge in [-0.25, -0.2) is 0 Å². The minimum absolute atomic E-state index is 0.132. The monoisotopic (exact) mass is 486 g/mol. The Hall–Kier alpha value is 0.0138. The predicted octanol–water partition coefficient (Wildman–Crippen LogP) is 3.46. The molecule has 0 amide bonds. The van der Waals surface area contributed by atoms with Crippen molar-refractivity contribution in [1.82, 2.24) is 0 Å². The lowest BCUT2D eigenvalue weighted by molar-refractivity contribution is -0.147. The number of carbonyl (C=O) groups excluding carboxylic acids is 1. The fourth-order valence-corrected chi connectivity index (χ4v) is 7.61. The molecule has 0 saturated carbocycles. The highest BCUT2D eigenvalue weighted by atomic mass is 32.2. The van der Waals surface area contributed by atoms with E-state index >= 15 is 0 Å². The maximum atomic E-state index is 12.2. The minimum Gasteiger partial charge on any atom is -0.465 e. The van der Waals surface area contributed by atoms with Gasteiger partial charge in [0, 0.05) is 60.5 Å². The van der Waals surface area contributed by atoms with Crippen molar-refractivity contribution in [3.8, 4) is 0 Å². The summed E-state index contributed by atoms with van der Waals surface area (Å²) in [6.45, 7) is 4.48. The van der Waals surface area contributed by atoms with Crippen LogP contribution in [0.4, 0.5) is 0 Å². The molecule has 0 heterocycles. The van der Waals surface area contributed by atoms with Gasteiger partial charge in [-0.05, 0) is 30.9 Å². The number of hydrogen-bond acceptors (Lipinski definition) is 9. The van der Waals surface area contributed by atoms with Gasteiger partial charge in [0.05, 0.1) is 12.5 Å². The summed E-state index contributed by atoms with van der Waals surface area (Å²) in [5.74, 6) is 2.01. The van der Waals surface area contributed by atoms with E-state index in [4.69, 9.17) is 31.3 Å². The molecule has 0 aromatic carbocycles. The van der Waals surface area contributed by atoms with Crippen LogP contribution in [0, 0.1) is 11.8 Å². The van der Waals surface area contributed by atoms with E-state index in [-0.39, 0.29) is 11.9 Å². The Morgan fingerprint density at radius 3 is 1.70 bits per heavy atom. The van der Waals surface area contributed by atoms with Crippen LogP contribution in [0.15, 0.2) is 0 Å². The third kappa shape index (κ3) is 11.0. The van der Waals surface area contributed by atoms with Crippen LogP contribution in [0.25, 0.3) is 0 Å². The summed E-state index contributed by atoms with van der Waals surface area (Å²) in [7, 11) is 4.60. The Balaban J connectivity index is 4.01. The van der Waals surface area contributed by atoms with Crippen LogP contribution in [-0.4, -0.2) is 84.3 Å². The Kier molecular flexibility index (Phi) is 16.6. The summed E-state index contributed by atoms with van der Waals surface area (Å²) in [5, 5.41) is 0. The van der Waals surface area contributed by atoms with Crippen LogP contribution < -0.4 is 0 Å². The summed E-state index contributed by atoms with van der Waals surface area (Å²) >= 11 is 1.79. The van der Waals surface area contributed by atoms with Crippen molar-refractivity contribution in [3.05, 3.63) is 0 Å². The van der Waals surface area contributed by atoms with Crippen molar-refractivity contribution in [2.24, 2.45) is 11.8 Å². The normalized spacial score (nSPS) is 14.5. The Labute approximate surface area is 189 Å². The number of hydrogen-bond donors (Lipinski definition) is 0. The third-order valence-electron chi connectivity index (χ3n) is 5.09. The Morgan fingerprint density at radius 1 is 0.767 bits per heavy atom. The minimum atomic E-state index is -2.60. The highest BCUT2D eigenvalue weighted by Gasteiger charge is 2.37. The van der Waals surface area contributed by atoms with Crippen molar-refractivity contribution < 1.29 is 36.1 Å². The average molecular weight is 487 g/mol. The number of ether oxygens (including phenoxy) is 1. The molecule has 0 bridgehead atoms. The first-order valence-electron chi connectivity index (χ1n) is 10.3. The molecule has 8 nitrogen and oxygen atoms in total. The molecule has 0 fully saturated rings. The zero-order valence-corrected chi connectivity index (χ0v) is 22.8. The quantitative estimate of drug-likeness (QED) is 0.155. The first-order valence-corrected chi connectivity index (χ1v) is 15.3. The van der Waals surface area contributed by atoms with Gasteiger partial charge in [-0.1, -0.05) is 13.8 Å². The van der Waals surface area contributed by atoms with Crippen molar-refractivity contribution in [2.75, 3.05) is 60.8 Å². The number of rotatable bonds is 19. The van der Waals surface area contributed by atoms with Crippen molar-refractivity contribution in [2.45, 2.75) is 45.2 Å². The highest BCUT2D eigenvalue weighted by Crippen LogP contribution is 2.22. The van der Waals surface area contributed by atoms with Gasteiger partial charge >= 0.3 is 23.6 Å². The van der Waals surface area contributed by atoms with Crippen LogP contribution in [0.2, 0.25) is 12.1 Å². The zero-order valence-electron chi connectivity index (χ0n) is 20.0. The fraction of sp³-hybridized carbons (Fsp3) is 0.947. The van der Waals surface area contributed by atoms with Crippen LogP contribution >= 0.6 is 11.8 Å². The van der Waals surface area contributed by atoms with Gasteiger partial charge in [-0.2, -0.15) is 11.8 Å². The van der Waals surface area contributed by atoms with E-state index in [0.717, 1.165) is 30.4 Å². The van der Waals surface area contributed by atoms with Crippen molar-refractivity contribution >= 4 is 35.3 Å². The molecule has 0 aliphatic rings. The molecule has 180 valence electrons. The number of esters is 1. The number of thioether (sulfide) groups is 1.